The Bertz CT molecular complexity index is 1010. The van der Waals surface area contributed by atoms with E-state index in [1.807, 2.05) is 37.3 Å². The number of hydrogen-bond acceptors (Lipinski definition) is 3. The molecule has 0 amide bonds. The van der Waals surface area contributed by atoms with Gasteiger partial charge in [-0.3, -0.25) is 4.18 Å². The normalized spacial score (nSPS) is 12.7. The molecule has 3 aromatic rings. The molecule has 0 spiro atoms. The first-order valence-corrected chi connectivity index (χ1v) is 10.5. The van der Waals surface area contributed by atoms with Gasteiger partial charge in [0.1, 0.15) is 0 Å². The van der Waals surface area contributed by atoms with E-state index in [0.29, 0.717) is 10.0 Å². The van der Waals surface area contributed by atoms with Crippen molar-refractivity contribution >= 4 is 33.3 Å². The van der Waals surface area contributed by atoms with Crippen LogP contribution in [0.15, 0.2) is 77.7 Å². The summed E-state index contributed by atoms with van der Waals surface area (Å²) in [4.78, 5) is 0.127. The maximum atomic E-state index is 12.6. The molecule has 0 saturated carbocycles. The number of hydrogen-bond donors (Lipinski definition) is 0. The molecule has 3 nitrogen and oxygen atoms in total. The van der Waals surface area contributed by atoms with E-state index < -0.39 is 10.1 Å². The molecule has 140 valence electrons. The second-order valence-corrected chi connectivity index (χ2v) is 8.64. The lowest BCUT2D eigenvalue weighted by molar-refractivity contribution is 0.305. The van der Waals surface area contributed by atoms with Gasteiger partial charge in [0.15, 0.2) is 0 Å². The van der Waals surface area contributed by atoms with Crippen LogP contribution in [0, 0.1) is 6.92 Å². The first-order chi connectivity index (χ1) is 12.9. The van der Waals surface area contributed by atoms with Gasteiger partial charge in [-0.2, -0.15) is 8.42 Å². The summed E-state index contributed by atoms with van der Waals surface area (Å²) in [7, 11) is -3.88. The van der Waals surface area contributed by atoms with E-state index in [1.54, 1.807) is 30.3 Å². The molecule has 0 N–H and O–H groups in total. The van der Waals surface area contributed by atoms with E-state index >= 15 is 0 Å². The first kappa shape index (κ1) is 19.9. The SMILES string of the molecule is Cc1ccc(S(=O)(=O)OC[C@H](c2ccc(Cl)cc2)c2ccccc2Cl)cc1. The molecule has 0 unspecified atom stereocenters. The highest BCUT2D eigenvalue weighted by Crippen LogP contribution is 2.32. The quantitative estimate of drug-likeness (QED) is 0.470. The largest absolute Gasteiger partial charge is 0.297 e. The molecule has 3 rings (SSSR count). The standard InChI is InChI=1S/C21H18Cl2O3S/c1-15-6-12-18(13-7-15)27(24,25)26-14-20(16-8-10-17(22)11-9-16)19-4-2-3-5-21(19)23/h2-13,20H,14H2,1H3/t20-/m1/s1. The summed E-state index contributed by atoms with van der Waals surface area (Å²) in [6.45, 7) is 1.83. The molecule has 0 heterocycles. The Morgan fingerprint density at radius 3 is 2.15 bits per heavy atom. The zero-order chi connectivity index (χ0) is 19.4. The summed E-state index contributed by atoms with van der Waals surface area (Å²) in [5, 5.41) is 1.15. The smallest absolute Gasteiger partial charge is 0.265 e. The van der Waals surface area contributed by atoms with Crippen LogP contribution in [0.1, 0.15) is 22.6 Å². The van der Waals surface area contributed by atoms with E-state index in [9.17, 15) is 8.42 Å². The second-order valence-electron chi connectivity index (χ2n) is 6.18. The minimum Gasteiger partial charge on any atom is -0.265 e. The third-order valence-corrected chi connectivity index (χ3v) is 6.14. The fourth-order valence-electron chi connectivity index (χ4n) is 2.75. The van der Waals surface area contributed by atoms with Crippen molar-refractivity contribution in [3.63, 3.8) is 0 Å². The van der Waals surface area contributed by atoms with E-state index in [2.05, 4.69) is 0 Å². The van der Waals surface area contributed by atoms with E-state index in [1.165, 1.54) is 12.1 Å². The average molecular weight is 421 g/mol. The van der Waals surface area contributed by atoms with Crippen molar-refractivity contribution in [2.45, 2.75) is 17.7 Å². The summed E-state index contributed by atoms with van der Waals surface area (Å²) in [5.41, 5.74) is 2.64. The lowest BCUT2D eigenvalue weighted by Gasteiger charge is -2.19. The molecule has 0 saturated heterocycles. The highest BCUT2D eigenvalue weighted by atomic mass is 35.5. The second kappa shape index (κ2) is 8.44. The molecule has 3 aromatic carbocycles. The Hall–Kier alpha value is -1.85. The molecule has 0 aromatic heterocycles. The number of aryl methyl sites for hydroxylation is 1. The third kappa shape index (κ3) is 4.90. The Kier molecular flexibility index (Phi) is 6.22. The molecule has 1 atom stereocenters. The van der Waals surface area contributed by atoms with Gasteiger partial charge >= 0.3 is 0 Å². The molecule has 0 bridgehead atoms. The summed E-state index contributed by atoms with van der Waals surface area (Å²) >= 11 is 12.3. The Morgan fingerprint density at radius 2 is 1.52 bits per heavy atom. The predicted octanol–water partition coefficient (Wildman–Crippen LogP) is 5.84. The molecule has 0 aliphatic carbocycles. The maximum absolute atomic E-state index is 12.6. The van der Waals surface area contributed by atoms with Crippen molar-refractivity contribution in [3.05, 3.63) is 99.5 Å². The fraction of sp³-hybridized carbons (Fsp3) is 0.143. The van der Waals surface area contributed by atoms with Gasteiger partial charge in [0.2, 0.25) is 0 Å². The summed E-state index contributed by atoms with van der Waals surface area (Å²) in [6.07, 6.45) is 0. The number of halogens is 2. The zero-order valence-corrected chi connectivity index (χ0v) is 16.9. The summed E-state index contributed by atoms with van der Waals surface area (Å²) in [6, 6.07) is 21.1. The summed E-state index contributed by atoms with van der Waals surface area (Å²) < 4.78 is 30.5. The van der Waals surface area contributed by atoms with Gasteiger partial charge in [-0.1, -0.05) is 71.2 Å². The van der Waals surface area contributed by atoms with Gasteiger partial charge < -0.3 is 0 Å². The molecule has 6 heteroatoms. The summed E-state index contributed by atoms with van der Waals surface area (Å²) in [5.74, 6) is -0.351. The Morgan fingerprint density at radius 1 is 0.889 bits per heavy atom. The van der Waals surface area contributed by atoms with E-state index in [-0.39, 0.29) is 17.4 Å². The third-order valence-electron chi connectivity index (χ3n) is 4.25. The lowest BCUT2D eigenvalue weighted by Crippen LogP contribution is -2.15. The molecular formula is C21H18Cl2O3S. The van der Waals surface area contributed by atoms with Crippen molar-refractivity contribution in [1.82, 2.24) is 0 Å². The van der Waals surface area contributed by atoms with Gasteiger partial charge in [-0.05, 0) is 48.4 Å². The van der Waals surface area contributed by atoms with Crippen LogP contribution in [-0.2, 0) is 14.3 Å². The van der Waals surface area contributed by atoms with E-state index in [4.69, 9.17) is 27.4 Å². The van der Waals surface area contributed by atoms with Crippen molar-refractivity contribution in [2.75, 3.05) is 6.61 Å². The Labute approximate surface area is 169 Å². The molecule has 0 aliphatic heterocycles. The van der Waals surface area contributed by atoms with Crippen LogP contribution in [0.25, 0.3) is 0 Å². The van der Waals surface area contributed by atoms with Gasteiger partial charge in [-0.15, -0.1) is 0 Å². The molecular weight excluding hydrogens is 403 g/mol. The average Bonchev–Trinajstić information content (AvgIpc) is 2.65. The highest BCUT2D eigenvalue weighted by molar-refractivity contribution is 7.86. The van der Waals surface area contributed by atoms with E-state index in [0.717, 1.165) is 16.7 Å². The molecule has 0 fully saturated rings. The van der Waals surface area contributed by atoms with Gasteiger partial charge in [0.25, 0.3) is 10.1 Å². The lowest BCUT2D eigenvalue weighted by atomic mass is 9.92. The maximum Gasteiger partial charge on any atom is 0.297 e. The van der Waals surface area contributed by atoms with Gasteiger partial charge in [-0.25, -0.2) is 0 Å². The van der Waals surface area contributed by atoms with Gasteiger partial charge in [0.05, 0.1) is 11.5 Å². The van der Waals surface area contributed by atoms with Crippen LogP contribution in [-0.4, -0.2) is 15.0 Å². The topological polar surface area (TPSA) is 43.4 Å². The van der Waals surface area contributed by atoms with Crippen LogP contribution in [0.5, 0.6) is 0 Å². The van der Waals surface area contributed by atoms with Crippen molar-refractivity contribution in [2.24, 2.45) is 0 Å². The van der Waals surface area contributed by atoms with Gasteiger partial charge in [0, 0.05) is 16.0 Å². The fourth-order valence-corrected chi connectivity index (χ4v) is 4.06. The first-order valence-electron chi connectivity index (χ1n) is 8.33. The molecule has 0 radical (unpaired) electrons. The minimum atomic E-state index is -3.88. The Balaban J connectivity index is 1.91. The number of rotatable bonds is 6. The number of benzene rings is 3. The van der Waals surface area contributed by atoms with Crippen molar-refractivity contribution < 1.29 is 12.6 Å². The van der Waals surface area contributed by atoms with Crippen molar-refractivity contribution in [1.29, 1.82) is 0 Å². The minimum absolute atomic E-state index is 0.0679. The van der Waals surface area contributed by atoms with Crippen LogP contribution < -0.4 is 0 Å². The van der Waals surface area contributed by atoms with Crippen molar-refractivity contribution in [3.8, 4) is 0 Å². The van der Waals surface area contributed by atoms with Crippen LogP contribution in [0.2, 0.25) is 10.0 Å². The molecule has 27 heavy (non-hydrogen) atoms. The van der Waals surface area contributed by atoms with Crippen LogP contribution >= 0.6 is 23.2 Å². The van der Waals surface area contributed by atoms with Crippen LogP contribution in [0.3, 0.4) is 0 Å². The van der Waals surface area contributed by atoms with Crippen LogP contribution in [0.4, 0.5) is 0 Å². The predicted molar refractivity (Wildman–Crippen MR) is 109 cm³/mol. The zero-order valence-electron chi connectivity index (χ0n) is 14.6. The molecule has 0 aliphatic rings. The highest BCUT2D eigenvalue weighted by Gasteiger charge is 2.22. The monoisotopic (exact) mass is 420 g/mol.